The van der Waals surface area contributed by atoms with E-state index in [9.17, 15) is 0 Å². The number of nitrogens with zero attached hydrogens (tertiary/aromatic N) is 2. The summed E-state index contributed by atoms with van der Waals surface area (Å²) in [7, 11) is 2.20. The fraction of sp³-hybridized carbons (Fsp3) is 1.00. The SMILES string of the molecule is CC(C)C(N)CN1CCN(C)C(C)C1. The smallest absolute Gasteiger partial charge is 0.0192 e. The molecule has 1 saturated heterocycles. The van der Waals surface area contributed by atoms with Crippen molar-refractivity contribution >= 4 is 0 Å². The van der Waals surface area contributed by atoms with Crippen LogP contribution in [0.4, 0.5) is 0 Å². The summed E-state index contributed by atoms with van der Waals surface area (Å²) in [5.74, 6) is 0.588. The average Bonchev–Trinajstić information content (AvgIpc) is 2.11. The molecule has 1 aliphatic heterocycles. The normalized spacial score (nSPS) is 28.3. The van der Waals surface area contributed by atoms with Gasteiger partial charge in [-0.25, -0.2) is 0 Å². The Balaban J connectivity index is 2.33. The van der Waals surface area contributed by atoms with Crippen LogP contribution in [-0.4, -0.2) is 55.1 Å². The fourth-order valence-corrected chi connectivity index (χ4v) is 1.80. The molecule has 0 spiro atoms. The number of hydrogen-bond acceptors (Lipinski definition) is 3. The Hall–Kier alpha value is -0.120. The Bertz CT molecular complexity index is 170. The van der Waals surface area contributed by atoms with Gasteiger partial charge in [0.1, 0.15) is 0 Å². The first-order valence-electron chi connectivity index (χ1n) is 5.69. The highest BCUT2D eigenvalue weighted by atomic mass is 15.3. The van der Waals surface area contributed by atoms with Gasteiger partial charge in [-0.05, 0) is 19.9 Å². The molecule has 0 aromatic heterocycles. The Morgan fingerprint density at radius 3 is 2.50 bits per heavy atom. The molecule has 1 heterocycles. The number of hydrogen-bond donors (Lipinski definition) is 1. The minimum Gasteiger partial charge on any atom is -0.326 e. The summed E-state index contributed by atoms with van der Waals surface area (Å²) in [4.78, 5) is 4.91. The largest absolute Gasteiger partial charge is 0.326 e. The third-order valence-corrected chi connectivity index (χ3v) is 3.37. The van der Waals surface area contributed by atoms with Gasteiger partial charge in [-0.1, -0.05) is 13.8 Å². The second kappa shape index (κ2) is 5.10. The standard InChI is InChI=1S/C11H25N3/c1-9(2)11(12)8-14-6-5-13(4)10(3)7-14/h9-11H,5-8,12H2,1-4H3. The van der Waals surface area contributed by atoms with Crippen molar-refractivity contribution in [2.24, 2.45) is 11.7 Å². The predicted molar refractivity (Wildman–Crippen MR) is 61.3 cm³/mol. The van der Waals surface area contributed by atoms with Crippen molar-refractivity contribution in [3.63, 3.8) is 0 Å². The monoisotopic (exact) mass is 199 g/mol. The van der Waals surface area contributed by atoms with E-state index in [0.717, 1.165) is 13.1 Å². The van der Waals surface area contributed by atoms with Gasteiger partial charge in [0.2, 0.25) is 0 Å². The Morgan fingerprint density at radius 2 is 2.00 bits per heavy atom. The molecule has 2 unspecified atom stereocenters. The number of nitrogens with two attached hydrogens (primary N) is 1. The first kappa shape index (κ1) is 12.0. The molecule has 2 N–H and O–H groups in total. The molecule has 1 fully saturated rings. The molecular weight excluding hydrogens is 174 g/mol. The van der Waals surface area contributed by atoms with Crippen LogP contribution in [0.25, 0.3) is 0 Å². The van der Waals surface area contributed by atoms with Crippen molar-refractivity contribution in [2.75, 3.05) is 33.2 Å². The minimum atomic E-state index is 0.325. The van der Waals surface area contributed by atoms with Crippen LogP contribution in [0.5, 0.6) is 0 Å². The second-order valence-electron chi connectivity index (χ2n) is 5.00. The van der Waals surface area contributed by atoms with Gasteiger partial charge >= 0.3 is 0 Å². The van der Waals surface area contributed by atoms with Gasteiger partial charge in [-0.3, -0.25) is 4.90 Å². The van der Waals surface area contributed by atoms with E-state index in [4.69, 9.17) is 5.73 Å². The molecule has 0 aliphatic carbocycles. The van der Waals surface area contributed by atoms with Gasteiger partial charge in [0.25, 0.3) is 0 Å². The summed E-state index contributed by atoms with van der Waals surface area (Å²) in [5, 5.41) is 0. The summed E-state index contributed by atoms with van der Waals surface area (Å²) in [5.41, 5.74) is 6.07. The zero-order chi connectivity index (χ0) is 10.7. The molecule has 2 atom stereocenters. The van der Waals surface area contributed by atoms with Crippen LogP contribution < -0.4 is 5.73 Å². The van der Waals surface area contributed by atoms with Gasteiger partial charge in [0.15, 0.2) is 0 Å². The van der Waals surface area contributed by atoms with Crippen LogP contribution in [0.3, 0.4) is 0 Å². The van der Waals surface area contributed by atoms with Gasteiger partial charge in [-0.2, -0.15) is 0 Å². The van der Waals surface area contributed by atoms with Crippen LogP contribution in [0.15, 0.2) is 0 Å². The van der Waals surface area contributed by atoms with Crippen molar-refractivity contribution in [3.8, 4) is 0 Å². The Morgan fingerprint density at radius 1 is 1.36 bits per heavy atom. The van der Waals surface area contributed by atoms with Gasteiger partial charge in [-0.15, -0.1) is 0 Å². The zero-order valence-electron chi connectivity index (χ0n) is 10.0. The minimum absolute atomic E-state index is 0.325. The first-order valence-corrected chi connectivity index (χ1v) is 5.69. The van der Waals surface area contributed by atoms with E-state index in [1.165, 1.54) is 13.1 Å². The third-order valence-electron chi connectivity index (χ3n) is 3.37. The molecule has 3 heteroatoms. The third kappa shape index (κ3) is 3.23. The molecule has 1 rings (SSSR count). The topological polar surface area (TPSA) is 32.5 Å². The van der Waals surface area contributed by atoms with E-state index in [2.05, 4.69) is 37.6 Å². The number of likely N-dealkylation sites (N-methyl/N-ethyl adjacent to an activating group) is 1. The van der Waals surface area contributed by atoms with E-state index < -0.39 is 0 Å². The summed E-state index contributed by atoms with van der Waals surface area (Å²) in [6, 6.07) is 0.994. The molecule has 84 valence electrons. The van der Waals surface area contributed by atoms with E-state index >= 15 is 0 Å². The molecule has 0 radical (unpaired) electrons. The Kier molecular flexibility index (Phi) is 4.35. The molecule has 0 saturated carbocycles. The summed E-state index contributed by atoms with van der Waals surface area (Å²) in [6.07, 6.45) is 0. The quantitative estimate of drug-likeness (QED) is 0.723. The van der Waals surface area contributed by atoms with Crippen LogP contribution in [0.2, 0.25) is 0 Å². The molecule has 0 amide bonds. The van der Waals surface area contributed by atoms with Crippen molar-refractivity contribution in [2.45, 2.75) is 32.9 Å². The van der Waals surface area contributed by atoms with E-state index in [0.29, 0.717) is 18.0 Å². The van der Waals surface area contributed by atoms with E-state index in [-0.39, 0.29) is 0 Å². The van der Waals surface area contributed by atoms with Gasteiger partial charge in [0, 0.05) is 38.3 Å². The molecule has 1 aliphatic rings. The fourth-order valence-electron chi connectivity index (χ4n) is 1.80. The van der Waals surface area contributed by atoms with E-state index in [1.54, 1.807) is 0 Å². The van der Waals surface area contributed by atoms with Crippen LogP contribution in [0.1, 0.15) is 20.8 Å². The first-order chi connectivity index (χ1) is 6.50. The van der Waals surface area contributed by atoms with Crippen molar-refractivity contribution in [1.82, 2.24) is 9.80 Å². The van der Waals surface area contributed by atoms with Crippen molar-refractivity contribution in [1.29, 1.82) is 0 Å². The highest BCUT2D eigenvalue weighted by Crippen LogP contribution is 2.09. The lowest BCUT2D eigenvalue weighted by Gasteiger charge is -2.39. The van der Waals surface area contributed by atoms with Crippen LogP contribution in [0, 0.1) is 5.92 Å². The zero-order valence-corrected chi connectivity index (χ0v) is 10.0. The lowest BCUT2D eigenvalue weighted by atomic mass is 10.0. The molecule has 0 aromatic rings. The highest BCUT2D eigenvalue weighted by molar-refractivity contribution is 4.80. The molecule has 14 heavy (non-hydrogen) atoms. The lowest BCUT2D eigenvalue weighted by Crippen LogP contribution is -2.53. The van der Waals surface area contributed by atoms with Crippen LogP contribution in [-0.2, 0) is 0 Å². The van der Waals surface area contributed by atoms with Gasteiger partial charge < -0.3 is 10.6 Å². The summed E-state index contributed by atoms with van der Waals surface area (Å²) < 4.78 is 0. The molecule has 0 bridgehead atoms. The number of piperazine rings is 1. The van der Waals surface area contributed by atoms with Crippen LogP contribution >= 0.6 is 0 Å². The predicted octanol–water partition coefficient (Wildman–Crippen LogP) is 0.606. The number of rotatable bonds is 3. The average molecular weight is 199 g/mol. The summed E-state index contributed by atoms with van der Waals surface area (Å²) in [6.45, 7) is 11.2. The van der Waals surface area contributed by atoms with E-state index in [1.807, 2.05) is 0 Å². The lowest BCUT2D eigenvalue weighted by molar-refractivity contribution is 0.0964. The van der Waals surface area contributed by atoms with Gasteiger partial charge in [0.05, 0.1) is 0 Å². The summed E-state index contributed by atoms with van der Waals surface area (Å²) >= 11 is 0. The molecule has 3 nitrogen and oxygen atoms in total. The Labute approximate surface area is 88.2 Å². The maximum Gasteiger partial charge on any atom is 0.0192 e. The maximum atomic E-state index is 6.07. The molecular formula is C11H25N3. The van der Waals surface area contributed by atoms with Crippen molar-refractivity contribution in [3.05, 3.63) is 0 Å². The van der Waals surface area contributed by atoms with Crippen molar-refractivity contribution < 1.29 is 0 Å². The highest BCUT2D eigenvalue weighted by Gasteiger charge is 2.22. The maximum absolute atomic E-state index is 6.07. The second-order valence-corrected chi connectivity index (χ2v) is 5.00. The molecule has 0 aromatic carbocycles.